The molecule has 1 saturated heterocycles. The molecule has 1 aromatic heterocycles. The van der Waals surface area contributed by atoms with E-state index in [-0.39, 0.29) is 6.61 Å². The average molecular weight is 279 g/mol. The van der Waals surface area contributed by atoms with E-state index in [4.69, 9.17) is 13.9 Å². The van der Waals surface area contributed by atoms with Crippen molar-refractivity contribution in [3.05, 3.63) is 16.9 Å². The highest BCUT2D eigenvalue weighted by Crippen LogP contribution is 2.06. The van der Waals surface area contributed by atoms with Crippen LogP contribution in [0.2, 0.25) is 0 Å². The van der Waals surface area contributed by atoms with Crippen molar-refractivity contribution in [3.8, 4) is 5.75 Å². The number of hydrogen-bond donors (Lipinski definition) is 1. The average Bonchev–Trinajstić information content (AvgIpc) is 2.89. The summed E-state index contributed by atoms with van der Waals surface area (Å²) >= 11 is 0. The summed E-state index contributed by atoms with van der Waals surface area (Å²) in [6, 6.07) is 0. The van der Waals surface area contributed by atoms with Gasteiger partial charge in [0.25, 0.3) is 0 Å². The van der Waals surface area contributed by atoms with E-state index < -0.39 is 6.10 Å². The summed E-state index contributed by atoms with van der Waals surface area (Å²) < 4.78 is 16.4. The number of furan rings is 1. The Morgan fingerprint density at radius 2 is 2.05 bits per heavy atom. The Morgan fingerprint density at radius 1 is 1.25 bits per heavy atom. The number of rotatable bonds is 5. The molecule has 1 unspecified atom stereocenters. The van der Waals surface area contributed by atoms with Crippen molar-refractivity contribution in [3.63, 3.8) is 0 Å². The van der Waals surface area contributed by atoms with E-state index in [1.165, 1.54) is 0 Å². The maximum absolute atomic E-state index is 10.0. The molecule has 1 aliphatic heterocycles. The molecule has 2 aliphatic rings. The van der Waals surface area contributed by atoms with Gasteiger partial charge >= 0.3 is 0 Å². The standard InChI is InChI=1S/C15H21NO4/c17-12(9-16-5-7-18-8-6-16)10-19-15-11-20-14-4-2-1-3-13(14)15/h3-4,11-12,17H,1-2,5-10H2. The third-order valence-electron chi connectivity index (χ3n) is 3.67. The molecule has 3 rings (SSSR count). The van der Waals surface area contributed by atoms with Gasteiger partial charge in [-0.3, -0.25) is 4.90 Å². The van der Waals surface area contributed by atoms with Crippen LogP contribution in [-0.2, 0) is 4.74 Å². The van der Waals surface area contributed by atoms with Gasteiger partial charge < -0.3 is 19.0 Å². The summed E-state index contributed by atoms with van der Waals surface area (Å²) in [4.78, 5) is 2.20. The molecule has 0 saturated carbocycles. The maximum atomic E-state index is 10.0. The summed E-state index contributed by atoms with van der Waals surface area (Å²) in [6.45, 7) is 4.15. The summed E-state index contributed by atoms with van der Waals surface area (Å²) in [5.74, 6) is 0.733. The van der Waals surface area contributed by atoms with Crippen LogP contribution in [0.4, 0.5) is 0 Å². The lowest BCUT2D eigenvalue weighted by Crippen LogP contribution is -2.42. The molecule has 110 valence electrons. The lowest BCUT2D eigenvalue weighted by atomic mass is 10.2. The highest BCUT2D eigenvalue weighted by molar-refractivity contribution is 5.40. The fourth-order valence-corrected chi connectivity index (χ4v) is 2.60. The fraction of sp³-hybridized carbons (Fsp3) is 0.600. The fourth-order valence-electron chi connectivity index (χ4n) is 2.60. The van der Waals surface area contributed by atoms with Gasteiger partial charge in [-0.1, -0.05) is 6.08 Å². The number of aliphatic hydroxyl groups excluding tert-OH is 1. The minimum absolute atomic E-state index is 0.289. The molecule has 1 aliphatic carbocycles. The third kappa shape index (κ3) is 3.23. The molecule has 0 spiro atoms. The highest BCUT2D eigenvalue weighted by atomic mass is 16.5. The van der Waals surface area contributed by atoms with Crippen molar-refractivity contribution >= 4 is 12.2 Å². The first-order chi connectivity index (χ1) is 9.83. The first kappa shape index (κ1) is 13.7. The van der Waals surface area contributed by atoms with Crippen LogP contribution in [0.25, 0.3) is 12.2 Å². The van der Waals surface area contributed by atoms with Crippen LogP contribution in [-0.4, -0.2) is 55.6 Å². The van der Waals surface area contributed by atoms with Gasteiger partial charge in [0, 0.05) is 19.6 Å². The molecule has 1 fully saturated rings. The number of hydrogen-bond acceptors (Lipinski definition) is 5. The molecule has 20 heavy (non-hydrogen) atoms. The Morgan fingerprint density at radius 3 is 2.90 bits per heavy atom. The van der Waals surface area contributed by atoms with E-state index in [9.17, 15) is 5.11 Å². The SMILES string of the molecule is OC(COc1coc2c1=CCCC=2)CN1CCOCC1. The van der Waals surface area contributed by atoms with Crippen LogP contribution in [0.3, 0.4) is 0 Å². The van der Waals surface area contributed by atoms with Gasteiger partial charge in [-0.25, -0.2) is 0 Å². The molecular weight excluding hydrogens is 258 g/mol. The highest BCUT2D eigenvalue weighted by Gasteiger charge is 2.16. The number of fused-ring (bicyclic) bond motifs is 1. The molecule has 2 heterocycles. The first-order valence-electron chi connectivity index (χ1n) is 7.22. The summed E-state index contributed by atoms with van der Waals surface area (Å²) in [6.07, 6.45) is 7.37. The van der Waals surface area contributed by atoms with Crippen LogP contribution in [0.1, 0.15) is 12.8 Å². The predicted octanol–water partition coefficient (Wildman–Crippen LogP) is -0.294. The Bertz CT molecular complexity index is 545. The van der Waals surface area contributed by atoms with E-state index in [1.54, 1.807) is 6.26 Å². The minimum Gasteiger partial charge on any atom is -0.487 e. The van der Waals surface area contributed by atoms with Crippen molar-refractivity contribution in [2.24, 2.45) is 0 Å². The van der Waals surface area contributed by atoms with Crippen molar-refractivity contribution in [2.75, 3.05) is 39.5 Å². The zero-order chi connectivity index (χ0) is 13.8. The predicted molar refractivity (Wildman–Crippen MR) is 74.9 cm³/mol. The zero-order valence-corrected chi connectivity index (χ0v) is 11.6. The number of aliphatic hydroxyl groups is 1. The summed E-state index contributed by atoms with van der Waals surface area (Å²) in [7, 11) is 0. The molecule has 0 bridgehead atoms. The smallest absolute Gasteiger partial charge is 0.165 e. The lowest BCUT2D eigenvalue weighted by molar-refractivity contribution is 0.00453. The molecule has 5 nitrogen and oxygen atoms in total. The molecule has 5 heteroatoms. The van der Waals surface area contributed by atoms with Crippen molar-refractivity contribution in [1.29, 1.82) is 0 Å². The monoisotopic (exact) mass is 279 g/mol. The summed E-state index contributed by atoms with van der Waals surface area (Å²) in [5, 5.41) is 11.1. The van der Waals surface area contributed by atoms with Gasteiger partial charge in [0.05, 0.1) is 18.4 Å². The Balaban J connectivity index is 1.53. The van der Waals surface area contributed by atoms with Crippen molar-refractivity contribution < 1.29 is 19.0 Å². The van der Waals surface area contributed by atoms with Crippen LogP contribution in [0, 0.1) is 0 Å². The van der Waals surface area contributed by atoms with Gasteiger partial charge in [0.1, 0.15) is 24.4 Å². The first-order valence-corrected chi connectivity index (χ1v) is 7.22. The molecular formula is C15H21NO4. The van der Waals surface area contributed by atoms with Crippen LogP contribution >= 0.6 is 0 Å². The quantitative estimate of drug-likeness (QED) is 0.802. The molecule has 0 aromatic carbocycles. The lowest BCUT2D eigenvalue weighted by Gasteiger charge is -2.28. The Kier molecular flexibility index (Phi) is 4.40. The largest absolute Gasteiger partial charge is 0.487 e. The molecule has 1 aromatic rings. The number of nitrogens with zero attached hydrogens (tertiary/aromatic N) is 1. The van der Waals surface area contributed by atoms with Crippen LogP contribution in [0.5, 0.6) is 5.75 Å². The maximum Gasteiger partial charge on any atom is 0.165 e. The van der Waals surface area contributed by atoms with Gasteiger partial charge in [-0.2, -0.15) is 0 Å². The van der Waals surface area contributed by atoms with Crippen LogP contribution in [0.15, 0.2) is 10.7 Å². The van der Waals surface area contributed by atoms with Crippen LogP contribution < -0.4 is 15.4 Å². The number of morpholine rings is 1. The second-order valence-corrected chi connectivity index (χ2v) is 5.24. The molecule has 1 atom stereocenters. The third-order valence-corrected chi connectivity index (χ3v) is 3.67. The van der Waals surface area contributed by atoms with Gasteiger partial charge in [-0.05, 0) is 18.9 Å². The number of ether oxygens (including phenoxy) is 2. The van der Waals surface area contributed by atoms with E-state index in [0.717, 1.165) is 55.5 Å². The van der Waals surface area contributed by atoms with Crippen molar-refractivity contribution in [2.45, 2.75) is 18.9 Å². The van der Waals surface area contributed by atoms with E-state index in [0.29, 0.717) is 6.54 Å². The minimum atomic E-state index is -0.494. The Hall–Kier alpha value is -1.30. The van der Waals surface area contributed by atoms with Crippen molar-refractivity contribution in [1.82, 2.24) is 4.90 Å². The van der Waals surface area contributed by atoms with Gasteiger partial charge in [0.15, 0.2) is 5.75 Å². The second kappa shape index (κ2) is 6.43. The number of β-amino-alcohol motifs (C(OH)–C–C–N with tert-alkyl or cyclic N) is 1. The van der Waals surface area contributed by atoms with E-state index in [2.05, 4.69) is 17.1 Å². The topological polar surface area (TPSA) is 55.1 Å². The Labute approximate surface area is 118 Å². The molecule has 0 radical (unpaired) electrons. The van der Waals surface area contributed by atoms with E-state index in [1.807, 2.05) is 0 Å². The van der Waals surface area contributed by atoms with Gasteiger partial charge in [0.2, 0.25) is 0 Å². The van der Waals surface area contributed by atoms with E-state index >= 15 is 0 Å². The molecule has 1 N–H and O–H groups in total. The zero-order valence-electron chi connectivity index (χ0n) is 11.6. The second-order valence-electron chi connectivity index (χ2n) is 5.24. The molecule has 0 amide bonds. The summed E-state index contributed by atoms with van der Waals surface area (Å²) in [5.41, 5.74) is 0.883. The van der Waals surface area contributed by atoms with Gasteiger partial charge in [-0.15, -0.1) is 0 Å². The normalized spacial score (nSPS) is 20.6.